The Kier molecular flexibility index (Phi) is 3.17. The van der Waals surface area contributed by atoms with Gasteiger partial charge in [-0.05, 0) is 30.7 Å². The summed E-state index contributed by atoms with van der Waals surface area (Å²) in [5, 5.41) is 0.650. The molecule has 0 fully saturated rings. The number of hydrogen-bond acceptors (Lipinski definition) is 2. The molecule has 19 heavy (non-hydrogen) atoms. The standard InChI is InChI=1S/C14H11Cl2N3/c1-9-6-7-17-14-13(9)18-12(8-15)19(14)11-5-3-2-4-10(11)16/h2-7H,8H2,1H3. The van der Waals surface area contributed by atoms with E-state index in [9.17, 15) is 0 Å². The highest BCUT2D eigenvalue weighted by Crippen LogP contribution is 2.27. The SMILES string of the molecule is Cc1ccnc2c1nc(CCl)n2-c1ccccc1Cl. The number of aryl methyl sites for hydroxylation is 1. The number of alkyl halides is 1. The molecule has 3 nitrogen and oxygen atoms in total. The maximum Gasteiger partial charge on any atom is 0.165 e. The minimum absolute atomic E-state index is 0.307. The summed E-state index contributed by atoms with van der Waals surface area (Å²) in [6.07, 6.45) is 1.77. The van der Waals surface area contributed by atoms with Crippen LogP contribution in [-0.4, -0.2) is 14.5 Å². The molecule has 5 heteroatoms. The van der Waals surface area contributed by atoms with Crippen LogP contribution >= 0.6 is 23.2 Å². The Morgan fingerprint density at radius 2 is 2.00 bits per heavy atom. The van der Waals surface area contributed by atoms with Crippen molar-refractivity contribution in [3.63, 3.8) is 0 Å². The fourth-order valence-electron chi connectivity index (χ4n) is 2.12. The zero-order chi connectivity index (χ0) is 13.4. The lowest BCUT2D eigenvalue weighted by Crippen LogP contribution is -2.00. The molecule has 96 valence electrons. The highest BCUT2D eigenvalue weighted by Gasteiger charge is 2.15. The zero-order valence-corrected chi connectivity index (χ0v) is 11.8. The van der Waals surface area contributed by atoms with E-state index in [0.29, 0.717) is 10.9 Å². The Morgan fingerprint density at radius 3 is 2.74 bits per heavy atom. The number of imidazole rings is 1. The molecule has 0 radical (unpaired) electrons. The lowest BCUT2D eigenvalue weighted by Gasteiger charge is -2.08. The van der Waals surface area contributed by atoms with E-state index >= 15 is 0 Å². The van der Waals surface area contributed by atoms with Crippen molar-refractivity contribution in [2.75, 3.05) is 0 Å². The van der Waals surface area contributed by atoms with Crippen molar-refractivity contribution in [1.82, 2.24) is 14.5 Å². The van der Waals surface area contributed by atoms with Gasteiger partial charge in [0.25, 0.3) is 0 Å². The van der Waals surface area contributed by atoms with Gasteiger partial charge in [-0.15, -0.1) is 11.6 Å². The predicted molar refractivity (Wildman–Crippen MR) is 78.2 cm³/mol. The number of rotatable bonds is 2. The molecule has 0 saturated carbocycles. The number of para-hydroxylation sites is 1. The maximum absolute atomic E-state index is 6.27. The molecule has 2 aromatic heterocycles. The Morgan fingerprint density at radius 1 is 1.21 bits per heavy atom. The van der Waals surface area contributed by atoms with Crippen LogP contribution in [0.15, 0.2) is 36.5 Å². The molecule has 0 amide bonds. The van der Waals surface area contributed by atoms with E-state index in [1.165, 1.54) is 0 Å². The molecular formula is C14H11Cl2N3. The van der Waals surface area contributed by atoms with Crippen LogP contribution in [0.4, 0.5) is 0 Å². The fraction of sp³-hybridized carbons (Fsp3) is 0.143. The molecule has 3 rings (SSSR count). The molecule has 0 aliphatic carbocycles. The second kappa shape index (κ2) is 4.83. The number of pyridine rings is 1. The highest BCUT2D eigenvalue weighted by atomic mass is 35.5. The summed E-state index contributed by atoms with van der Waals surface area (Å²) in [5.41, 5.74) is 3.56. The third-order valence-corrected chi connectivity index (χ3v) is 3.59. The van der Waals surface area contributed by atoms with Crippen LogP contribution < -0.4 is 0 Å². The summed E-state index contributed by atoms with van der Waals surface area (Å²) in [6, 6.07) is 9.54. The molecule has 0 spiro atoms. The first kappa shape index (κ1) is 12.5. The summed E-state index contributed by atoms with van der Waals surface area (Å²) in [5.74, 6) is 1.05. The van der Waals surface area contributed by atoms with Gasteiger partial charge in [0.1, 0.15) is 11.3 Å². The third-order valence-electron chi connectivity index (χ3n) is 3.03. The number of nitrogens with zero attached hydrogens (tertiary/aromatic N) is 3. The topological polar surface area (TPSA) is 30.7 Å². The summed E-state index contributed by atoms with van der Waals surface area (Å²) in [4.78, 5) is 8.97. The third kappa shape index (κ3) is 1.99. The van der Waals surface area contributed by atoms with Gasteiger partial charge in [0, 0.05) is 6.20 Å². The number of benzene rings is 1. The Hall–Kier alpha value is -1.58. The van der Waals surface area contributed by atoms with Crippen LogP contribution in [0.1, 0.15) is 11.4 Å². The van der Waals surface area contributed by atoms with Crippen molar-refractivity contribution < 1.29 is 0 Å². The van der Waals surface area contributed by atoms with Crippen LogP contribution in [0.5, 0.6) is 0 Å². The number of hydrogen-bond donors (Lipinski definition) is 0. The lowest BCUT2D eigenvalue weighted by atomic mass is 10.2. The van der Waals surface area contributed by atoms with Crippen LogP contribution in [-0.2, 0) is 5.88 Å². The summed E-state index contributed by atoms with van der Waals surface area (Å²) >= 11 is 12.3. The zero-order valence-electron chi connectivity index (χ0n) is 10.3. The minimum Gasteiger partial charge on any atom is -0.278 e. The van der Waals surface area contributed by atoms with Crippen LogP contribution in [0, 0.1) is 6.92 Å². The second-order valence-electron chi connectivity index (χ2n) is 4.25. The quantitative estimate of drug-likeness (QED) is 0.665. The second-order valence-corrected chi connectivity index (χ2v) is 4.92. The Bertz CT molecular complexity index is 750. The summed E-state index contributed by atoms with van der Waals surface area (Å²) < 4.78 is 1.91. The normalized spacial score (nSPS) is 11.1. The molecular weight excluding hydrogens is 281 g/mol. The average Bonchev–Trinajstić information content (AvgIpc) is 2.79. The first-order valence-electron chi connectivity index (χ1n) is 5.86. The van der Waals surface area contributed by atoms with E-state index < -0.39 is 0 Å². The molecule has 0 unspecified atom stereocenters. The molecule has 0 saturated heterocycles. The molecule has 0 atom stereocenters. The van der Waals surface area contributed by atoms with Crippen LogP contribution in [0.2, 0.25) is 5.02 Å². The molecule has 1 aromatic carbocycles. The van der Waals surface area contributed by atoms with Gasteiger partial charge in [-0.3, -0.25) is 4.57 Å². The van der Waals surface area contributed by atoms with Gasteiger partial charge in [-0.1, -0.05) is 23.7 Å². The van der Waals surface area contributed by atoms with E-state index in [-0.39, 0.29) is 0 Å². The van der Waals surface area contributed by atoms with Crippen LogP contribution in [0.25, 0.3) is 16.9 Å². The smallest absolute Gasteiger partial charge is 0.165 e. The van der Waals surface area contributed by atoms with Crippen LogP contribution in [0.3, 0.4) is 0 Å². The largest absolute Gasteiger partial charge is 0.278 e. The molecule has 0 N–H and O–H groups in total. The van der Waals surface area contributed by atoms with Gasteiger partial charge in [-0.2, -0.15) is 0 Å². The summed E-state index contributed by atoms with van der Waals surface area (Å²) in [6.45, 7) is 2.01. The molecule has 0 aliphatic rings. The molecule has 3 aromatic rings. The Labute approximate surface area is 120 Å². The minimum atomic E-state index is 0.307. The van der Waals surface area contributed by atoms with E-state index in [4.69, 9.17) is 23.2 Å². The van der Waals surface area contributed by atoms with Gasteiger partial charge in [0.15, 0.2) is 5.65 Å². The van der Waals surface area contributed by atoms with Crippen molar-refractivity contribution in [2.45, 2.75) is 12.8 Å². The fourth-order valence-corrected chi connectivity index (χ4v) is 2.51. The van der Waals surface area contributed by atoms with Gasteiger partial charge in [0.2, 0.25) is 0 Å². The Balaban J connectivity index is 2.40. The molecule has 0 bridgehead atoms. The highest BCUT2D eigenvalue weighted by molar-refractivity contribution is 6.32. The number of aromatic nitrogens is 3. The average molecular weight is 292 g/mol. The van der Waals surface area contributed by atoms with Gasteiger partial charge >= 0.3 is 0 Å². The molecule has 0 aliphatic heterocycles. The van der Waals surface area contributed by atoms with Crippen molar-refractivity contribution in [3.8, 4) is 5.69 Å². The van der Waals surface area contributed by atoms with E-state index in [1.54, 1.807) is 6.20 Å². The molecule has 2 heterocycles. The van der Waals surface area contributed by atoms with Gasteiger partial charge in [-0.25, -0.2) is 9.97 Å². The van der Waals surface area contributed by atoms with Crippen molar-refractivity contribution in [3.05, 3.63) is 52.9 Å². The summed E-state index contributed by atoms with van der Waals surface area (Å²) in [7, 11) is 0. The number of halogens is 2. The van der Waals surface area contributed by atoms with E-state index in [1.807, 2.05) is 41.8 Å². The maximum atomic E-state index is 6.27. The lowest BCUT2D eigenvalue weighted by molar-refractivity contribution is 0.970. The van der Waals surface area contributed by atoms with Gasteiger partial charge < -0.3 is 0 Å². The van der Waals surface area contributed by atoms with Gasteiger partial charge in [0.05, 0.1) is 16.6 Å². The van der Waals surface area contributed by atoms with E-state index in [0.717, 1.165) is 28.2 Å². The van der Waals surface area contributed by atoms with E-state index in [2.05, 4.69) is 9.97 Å². The first-order chi connectivity index (χ1) is 9.22. The van der Waals surface area contributed by atoms with Crippen molar-refractivity contribution in [1.29, 1.82) is 0 Å². The van der Waals surface area contributed by atoms with Crippen molar-refractivity contribution >= 4 is 34.4 Å². The monoisotopic (exact) mass is 291 g/mol. The predicted octanol–water partition coefficient (Wildman–Crippen LogP) is 4.12. The first-order valence-corrected chi connectivity index (χ1v) is 6.77. The number of fused-ring (bicyclic) bond motifs is 1. The van der Waals surface area contributed by atoms with Crippen molar-refractivity contribution in [2.24, 2.45) is 0 Å².